The van der Waals surface area contributed by atoms with Crippen molar-refractivity contribution in [2.75, 3.05) is 0 Å². The number of benzene rings is 1. The van der Waals surface area contributed by atoms with E-state index in [-0.39, 0.29) is 6.10 Å². The molecule has 0 fully saturated rings. The van der Waals surface area contributed by atoms with Gasteiger partial charge in [-0.25, -0.2) is 4.98 Å². The van der Waals surface area contributed by atoms with Gasteiger partial charge in [-0.3, -0.25) is 4.40 Å². The molecule has 5 nitrogen and oxygen atoms in total. The highest BCUT2D eigenvalue weighted by Gasteiger charge is 2.15. The Balaban J connectivity index is 2.07. The average Bonchev–Trinajstić information content (AvgIpc) is 2.84. The van der Waals surface area contributed by atoms with Crippen molar-refractivity contribution in [3.05, 3.63) is 53.1 Å². The third-order valence-corrected chi connectivity index (χ3v) is 3.34. The van der Waals surface area contributed by atoms with Gasteiger partial charge in [0.2, 0.25) is 5.82 Å². The first-order valence-electron chi connectivity index (χ1n) is 7.17. The van der Waals surface area contributed by atoms with Gasteiger partial charge in [-0.15, -0.1) is 4.91 Å². The topological polar surface area (TPSA) is 56.0 Å². The normalized spacial score (nSPS) is 11.1. The molecule has 0 unspecified atom stereocenters. The van der Waals surface area contributed by atoms with Crippen molar-refractivity contribution in [3.8, 4) is 17.0 Å². The minimum Gasteiger partial charge on any atom is -0.491 e. The molecule has 0 aliphatic rings. The van der Waals surface area contributed by atoms with E-state index in [2.05, 4.69) is 10.2 Å². The second-order valence-electron chi connectivity index (χ2n) is 5.50. The Labute approximate surface area is 128 Å². The maximum Gasteiger partial charge on any atom is 0.209 e. The number of aromatic nitrogens is 2. The van der Waals surface area contributed by atoms with Crippen LogP contribution in [0, 0.1) is 11.8 Å². The van der Waals surface area contributed by atoms with Gasteiger partial charge in [0.25, 0.3) is 0 Å². The summed E-state index contributed by atoms with van der Waals surface area (Å²) in [6.45, 7) is 5.94. The number of hydrogen-bond acceptors (Lipinski definition) is 4. The van der Waals surface area contributed by atoms with Gasteiger partial charge in [-0.2, -0.15) is 0 Å². The lowest BCUT2D eigenvalue weighted by Gasteiger charge is -2.09. The SMILES string of the molecule is Cc1ccn2c(N=O)c(-c3ccc(OC(C)C)cc3)nc2c1. The van der Waals surface area contributed by atoms with Crippen LogP contribution in [0.4, 0.5) is 5.82 Å². The Kier molecular flexibility index (Phi) is 3.63. The molecule has 2 aromatic heterocycles. The first-order valence-corrected chi connectivity index (χ1v) is 7.17. The van der Waals surface area contributed by atoms with Crippen LogP contribution in [-0.4, -0.2) is 15.5 Å². The summed E-state index contributed by atoms with van der Waals surface area (Å²) in [7, 11) is 0. The zero-order valence-corrected chi connectivity index (χ0v) is 12.8. The van der Waals surface area contributed by atoms with Crippen LogP contribution in [-0.2, 0) is 0 Å². The molecule has 22 heavy (non-hydrogen) atoms. The van der Waals surface area contributed by atoms with E-state index >= 15 is 0 Å². The van der Waals surface area contributed by atoms with E-state index in [1.54, 1.807) is 4.40 Å². The van der Waals surface area contributed by atoms with Gasteiger partial charge in [0.1, 0.15) is 17.1 Å². The molecule has 1 aromatic carbocycles. The first kappa shape index (κ1) is 14.3. The molecule has 112 valence electrons. The Bertz CT molecular complexity index is 820. The Morgan fingerprint density at radius 1 is 1.18 bits per heavy atom. The highest BCUT2D eigenvalue weighted by Crippen LogP contribution is 2.32. The van der Waals surface area contributed by atoms with Gasteiger partial charge in [-0.05, 0) is 67.9 Å². The summed E-state index contributed by atoms with van der Waals surface area (Å²) in [6, 6.07) is 11.4. The molecular weight excluding hydrogens is 278 g/mol. The molecular formula is C17H17N3O2. The summed E-state index contributed by atoms with van der Waals surface area (Å²) in [5.74, 6) is 1.10. The lowest BCUT2D eigenvalue weighted by Crippen LogP contribution is -2.05. The fourth-order valence-electron chi connectivity index (χ4n) is 2.38. The molecule has 0 N–H and O–H groups in total. The molecule has 0 aliphatic carbocycles. The number of nitroso groups, excluding NO2 is 1. The summed E-state index contributed by atoms with van der Waals surface area (Å²) in [6.07, 6.45) is 1.94. The minimum absolute atomic E-state index is 0.122. The standard InChI is InChI=1S/C17H17N3O2/c1-11(2)22-14-6-4-13(5-7-14)16-17(19-21)20-9-8-12(3)10-15(20)18-16/h4-11H,1-3H3. The number of rotatable bonds is 4. The second-order valence-corrected chi connectivity index (χ2v) is 5.50. The van der Waals surface area contributed by atoms with E-state index in [4.69, 9.17) is 4.74 Å². The number of nitrogens with zero attached hydrogens (tertiary/aromatic N) is 3. The van der Waals surface area contributed by atoms with Gasteiger partial charge in [0.15, 0.2) is 0 Å². The van der Waals surface area contributed by atoms with Crippen molar-refractivity contribution in [1.29, 1.82) is 0 Å². The molecule has 0 aliphatic heterocycles. The summed E-state index contributed by atoms with van der Waals surface area (Å²) >= 11 is 0. The van der Waals surface area contributed by atoms with Gasteiger partial charge in [0.05, 0.1) is 6.10 Å². The maximum absolute atomic E-state index is 11.2. The lowest BCUT2D eigenvalue weighted by molar-refractivity contribution is 0.242. The average molecular weight is 295 g/mol. The third-order valence-electron chi connectivity index (χ3n) is 3.34. The zero-order chi connectivity index (χ0) is 15.7. The first-order chi connectivity index (χ1) is 10.6. The highest BCUT2D eigenvalue weighted by molar-refractivity contribution is 5.75. The van der Waals surface area contributed by atoms with Gasteiger partial charge >= 0.3 is 0 Å². The van der Waals surface area contributed by atoms with Gasteiger partial charge < -0.3 is 4.74 Å². The predicted molar refractivity (Wildman–Crippen MR) is 86.6 cm³/mol. The lowest BCUT2D eigenvalue weighted by atomic mass is 10.1. The monoisotopic (exact) mass is 295 g/mol. The van der Waals surface area contributed by atoms with E-state index in [0.717, 1.165) is 16.9 Å². The molecule has 0 saturated heterocycles. The molecule has 0 amide bonds. The van der Waals surface area contributed by atoms with Gasteiger partial charge in [-0.1, -0.05) is 0 Å². The molecule has 3 rings (SSSR count). The molecule has 5 heteroatoms. The minimum atomic E-state index is 0.122. The molecule has 2 heterocycles. The Hall–Kier alpha value is -2.69. The van der Waals surface area contributed by atoms with E-state index in [9.17, 15) is 4.91 Å². The van der Waals surface area contributed by atoms with Crippen LogP contribution >= 0.6 is 0 Å². The summed E-state index contributed by atoms with van der Waals surface area (Å²) in [4.78, 5) is 15.8. The van der Waals surface area contributed by atoms with Crippen molar-refractivity contribution < 1.29 is 4.74 Å². The fourth-order valence-corrected chi connectivity index (χ4v) is 2.38. The number of hydrogen-bond donors (Lipinski definition) is 0. The molecule has 0 atom stereocenters. The molecule has 3 aromatic rings. The van der Waals surface area contributed by atoms with Crippen molar-refractivity contribution in [2.45, 2.75) is 26.9 Å². The molecule has 0 saturated carbocycles. The number of pyridine rings is 1. The fraction of sp³-hybridized carbons (Fsp3) is 0.235. The van der Waals surface area contributed by atoms with Crippen molar-refractivity contribution in [2.24, 2.45) is 5.18 Å². The maximum atomic E-state index is 11.2. The number of ether oxygens (including phenoxy) is 1. The zero-order valence-electron chi connectivity index (χ0n) is 12.8. The highest BCUT2D eigenvalue weighted by atomic mass is 16.5. The number of imidazole rings is 1. The van der Waals surface area contributed by atoms with Crippen molar-refractivity contribution >= 4 is 11.5 Å². The van der Waals surface area contributed by atoms with E-state index in [0.29, 0.717) is 17.2 Å². The Morgan fingerprint density at radius 2 is 1.91 bits per heavy atom. The quantitative estimate of drug-likeness (QED) is 0.666. The van der Waals surface area contributed by atoms with Crippen LogP contribution in [0.25, 0.3) is 16.9 Å². The molecule has 0 bridgehead atoms. The second kappa shape index (κ2) is 5.60. The molecule has 0 spiro atoms. The van der Waals surface area contributed by atoms with Crippen LogP contribution < -0.4 is 4.74 Å². The Morgan fingerprint density at radius 3 is 2.55 bits per heavy atom. The van der Waals surface area contributed by atoms with E-state index in [1.165, 1.54) is 0 Å². The largest absolute Gasteiger partial charge is 0.491 e. The summed E-state index contributed by atoms with van der Waals surface area (Å²) in [5.41, 5.74) is 3.22. The van der Waals surface area contributed by atoms with E-state index < -0.39 is 0 Å². The molecule has 0 radical (unpaired) electrons. The van der Waals surface area contributed by atoms with Crippen LogP contribution in [0.3, 0.4) is 0 Å². The van der Waals surface area contributed by atoms with Crippen LogP contribution in [0.15, 0.2) is 47.8 Å². The predicted octanol–water partition coefficient (Wildman–Crippen LogP) is 4.49. The van der Waals surface area contributed by atoms with E-state index in [1.807, 2.05) is 63.4 Å². The number of aryl methyl sites for hydroxylation is 1. The van der Waals surface area contributed by atoms with Crippen LogP contribution in [0.2, 0.25) is 0 Å². The summed E-state index contributed by atoms with van der Waals surface area (Å²) < 4.78 is 7.33. The van der Waals surface area contributed by atoms with Crippen molar-refractivity contribution in [1.82, 2.24) is 9.38 Å². The third kappa shape index (κ3) is 2.57. The van der Waals surface area contributed by atoms with Gasteiger partial charge in [0, 0.05) is 11.8 Å². The van der Waals surface area contributed by atoms with Crippen LogP contribution in [0.1, 0.15) is 19.4 Å². The van der Waals surface area contributed by atoms with Crippen molar-refractivity contribution in [3.63, 3.8) is 0 Å². The smallest absolute Gasteiger partial charge is 0.209 e. The number of fused-ring (bicyclic) bond motifs is 1. The summed E-state index contributed by atoms with van der Waals surface area (Å²) in [5, 5.41) is 3.15. The van der Waals surface area contributed by atoms with Crippen LogP contribution in [0.5, 0.6) is 5.75 Å².